The van der Waals surface area contributed by atoms with Crippen molar-refractivity contribution in [3.05, 3.63) is 40.8 Å². The first kappa shape index (κ1) is 18.9. The number of halogens is 2. The van der Waals surface area contributed by atoms with E-state index in [1.54, 1.807) is 0 Å². The maximum absolute atomic E-state index is 4.58. The lowest BCUT2D eigenvalue weighted by Crippen LogP contribution is -2.49. The molecular weight excluding hydrogens is 402 g/mol. The average Bonchev–Trinajstić information content (AvgIpc) is 3.27. The lowest BCUT2D eigenvalue weighted by Gasteiger charge is -2.32. The molecule has 4 rings (SSSR count). The number of hydrogen-bond donors (Lipinski definition) is 2. The Labute approximate surface area is 163 Å². The summed E-state index contributed by atoms with van der Waals surface area (Å²) in [6, 6.07) is 9.06. The van der Waals surface area contributed by atoms with Gasteiger partial charge in [-0.15, -0.1) is 12.4 Å². The molecule has 1 atom stereocenters. The summed E-state index contributed by atoms with van der Waals surface area (Å²) in [4.78, 5) is 13.2. The average molecular weight is 427 g/mol. The number of rotatable bonds is 4. The highest BCUT2D eigenvalue weighted by Gasteiger charge is 2.28. The third kappa shape index (κ3) is 4.63. The lowest BCUT2D eigenvalue weighted by atomic mass is 10.2. The molecule has 3 heterocycles. The van der Waals surface area contributed by atoms with Crippen LogP contribution in [0.1, 0.15) is 12.2 Å². The predicted octanol–water partition coefficient (Wildman–Crippen LogP) is 2.74. The Morgan fingerprint density at radius 2 is 1.88 bits per heavy atom. The van der Waals surface area contributed by atoms with E-state index in [9.17, 15) is 0 Å². The second-order valence-corrected chi connectivity index (χ2v) is 7.63. The normalized spacial score (nSPS) is 22.0. The summed E-state index contributed by atoms with van der Waals surface area (Å²) in [5.41, 5.74) is 2.27. The predicted molar refractivity (Wildman–Crippen MR) is 107 cm³/mol. The topological polar surface area (TPSA) is 47.2 Å². The van der Waals surface area contributed by atoms with Crippen LogP contribution < -0.4 is 5.32 Å². The number of nitrogens with zero attached hydrogens (tertiary/aromatic N) is 3. The molecule has 2 aliphatic heterocycles. The van der Waals surface area contributed by atoms with Crippen molar-refractivity contribution in [3.63, 3.8) is 0 Å². The van der Waals surface area contributed by atoms with Gasteiger partial charge in [-0.3, -0.25) is 9.80 Å². The van der Waals surface area contributed by atoms with E-state index in [4.69, 9.17) is 0 Å². The quantitative estimate of drug-likeness (QED) is 0.789. The molecule has 25 heavy (non-hydrogen) atoms. The summed E-state index contributed by atoms with van der Waals surface area (Å²) >= 11 is 3.48. The van der Waals surface area contributed by atoms with Gasteiger partial charge < -0.3 is 10.3 Å². The number of piperazine rings is 1. The maximum atomic E-state index is 4.58. The Balaban J connectivity index is 0.00000182. The molecule has 0 saturated carbocycles. The Kier molecular flexibility index (Phi) is 6.52. The van der Waals surface area contributed by atoms with Gasteiger partial charge in [-0.05, 0) is 24.1 Å². The fourth-order valence-electron chi connectivity index (χ4n) is 3.73. The third-order valence-corrected chi connectivity index (χ3v) is 5.60. The van der Waals surface area contributed by atoms with E-state index in [2.05, 4.69) is 65.3 Å². The minimum absolute atomic E-state index is 0. The van der Waals surface area contributed by atoms with Gasteiger partial charge in [-0.1, -0.05) is 28.1 Å². The number of likely N-dealkylation sites (tertiary alicyclic amines) is 1. The molecule has 2 fully saturated rings. The van der Waals surface area contributed by atoms with Gasteiger partial charge in [0.2, 0.25) is 0 Å². The molecule has 7 heteroatoms. The minimum atomic E-state index is 0. The van der Waals surface area contributed by atoms with Crippen molar-refractivity contribution in [1.29, 1.82) is 0 Å². The Morgan fingerprint density at radius 1 is 1.12 bits per heavy atom. The summed E-state index contributed by atoms with van der Waals surface area (Å²) in [5.74, 6) is 1.06. The van der Waals surface area contributed by atoms with E-state index in [0.29, 0.717) is 6.04 Å². The molecule has 0 bridgehead atoms. The van der Waals surface area contributed by atoms with Gasteiger partial charge in [0.05, 0.1) is 18.4 Å². The Hall–Kier alpha value is -0.920. The van der Waals surface area contributed by atoms with Crippen LogP contribution in [0.2, 0.25) is 0 Å². The van der Waals surface area contributed by atoms with Gasteiger partial charge in [0, 0.05) is 49.8 Å². The van der Waals surface area contributed by atoms with E-state index in [1.807, 2.05) is 6.20 Å². The molecule has 1 aromatic heterocycles. The molecule has 1 aromatic carbocycles. The first-order valence-corrected chi connectivity index (χ1v) is 9.54. The van der Waals surface area contributed by atoms with Crippen molar-refractivity contribution < 1.29 is 0 Å². The monoisotopic (exact) mass is 425 g/mol. The molecule has 2 N–H and O–H groups in total. The van der Waals surface area contributed by atoms with Crippen molar-refractivity contribution in [1.82, 2.24) is 25.1 Å². The van der Waals surface area contributed by atoms with Crippen LogP contribution in [0.5, 0.6) is 0 Å². The highest BCUT2D eigenvalue weighted by molar-refractivity contribution is 9.10. The van der Waals surface area contributed by atoms with E-state index in [-0.39, 0.29) is 12.4 Å². The largest absolute Gasteiger partial charge is 0.341 e. The van der Waals surface area contributed by atoms with Crippen LogP contribution in [0, 0.1) is 0 Å². The molecule has 1 unspecified atom stereocenters. The van der Waals surface area contributed by atoms with Gasteiger partial charge in [-0.2, -0.15) is 0 Å². The zero-order chi connectivity index (χ0) is 16.4. The molecule has 0 aliphatic carbocycles. The number of aromatic amines is 1. The minimum Gasteiger partial charge on any atom is -0.341 e. The van der Waals surface area contributed by atoms with E-state index in [1.165, 1.54) is 31.6 Å². The smallest absolute Gasteiger partial charge is 0.120 e. The molecule has 2 aromatic rings. The third-order valence-electron chi connectivity index (χ3n) is 5.07. The van der Waals surface area contributed by atoms with E-state index < -0.39 is 0 Å². The number of nitrogens with one attached hydrogen (secondary N) is 2. The van der Waals surface area contributed by atoms with Gasteiger partial charge in [0.25, 0.3) is 0 Å². The molecule has 2 aliphatic rings. The molecule has 2 saturated heterocycles. The summed E-state index contributed by atoms with van der Waals surface area (Å²) in [5, 5.41) is 3.44. The lowest BCUT2D eigenvalue weighted by molar-refractivity contribution is 0.170. The molecule has 0 spiro atoms. The fourth-order valence-corrected chi connectivity index (χ4v) is 4.00. The van der Waals surface area contributed by atoms with E-state index in [0.717, 1.165) is 42.2 Å². The molecule has 0 amide bonds. The standard InChI is InChI=1S/C18H24BrN5.ClH/c19-15-3-1-14(2-4-15)17-11-21-18(22-17)13-23-8-5-16(12-23)24-9-6-20-7-10-24;/h1-4,11,16,20H,5-10,12-13H2,(H,21,22);1H. The molecule has 136 valence electrons. The van der Waals surface area contributed by atoms with E-state index >= 15 is 0 Å². The van der Waals surface area contributed by atoms with Gasteiger partial charge in [0.15, 0.2) is 0 Å². The highest BCUT2D eigenvalue weighted by atomic mass is 79.9. The van der Waals surface area contributed by atoms with Crippen molar-refractivity contribution in [2.45, 2.75) is 19.0 Å². The van der Waals surface area contributed by atoms with Crippen molar-refractivity contribution in [2.24, 2.45) is 0 Å². The van der Waals surface area contributed by atoms with Crippen molar-refractivity contribution in [3.8, 4) is 11.3 Å². The highest BCUT2D eigenvalue weighted by Crippen LogP contribution is 2.22. The van der Waals surface area contributed by atoms with Crippen LogP contribution in [-0.4, -0.2) is 65.1 Å². The van der Waals surface area contributed by atoms with Gasteiger partial charge >= 0.3 is 0 Å². The van der Waals surface area contributed by atoms with Crippen molar-refractivity contribution in [2.75, 3.05) is 39.3 Å². The van der Waals surface area contributed by atoms with Gasteiger partial charge in [-0.25, -0.2) is 4.98 Å². The summed E-state index contributed by atoms with van der Waals surface area (Å²) in [6.45, 7) is 7.88. The van der Waals surface area contributed by atoms with Crippen LogP contribution in [-0.2, 0) is 6.54 Å². The Morgan fingerprint density at radius 3 is 2.64 bits per heavy atom. The summed E-state index contributed by atoms with van der Waals surface area (Å²) in [7, 11) is 0. The zero-order valence-corrected chi connectivity index (χ0v) is 16.7. The number of hydrogen-bond acceptors (Lipinski definition) is 4. The van der Waals surface area contributed by atoms with Crippen LogP contribution in [0.3, 0.4) is 0 Å². The summed E-state index contributed by atoms with van der Waals surface area (Å²) in [6.07, 6.45) is 3.22. The maximum Gasteiger partial charge on any atom is 0.120 e. The second-order valence-electron chi connectivity index (χ2n) is 6.71. The number of benzene rings is 1. The van der Waals surface area contributed by atoms with Crippen molar-refractivity contribution >= 4 is 28.3 Å². The fraction of sp³-hybridized carbons (Fsp3) is 0.500. The SMILES string of the molecule is Brc1ccc(-c2cnc(CN3CCC(N4CCNCC4)C3)[nH]2)cc1.Cl. The van der Waals surface area contributed by atoms with Crippen LogP contribution in [0.25, 0.3) is 11.3 Å². The van der Waals surface area contributed by atoms with Crippen LogP contribution >= 0.6 is 28.3 Å². The molecule has 0 radical (unpaired) electrons. The second kappa shape index (κ2) is 8.64. The summed E-state index contributed by atoms with van der Waals surface area (Å²) < 4.78 is 1.10. The Bertz CT molecular complexity index is 668. The molecule has 5 nitrogen and oxygen atoms in total. The number of H-pyrrole nitrogens is 1. The zero-order valence-electron chi connectivity index (χ0n) is 14.2. The van der Waals surface area contributed by atoms with Crippen LogP contribution in [0.4, 0.5) is 0 Å². The first-order chi connectivity index (χ1) is 11.8. The number of aromatic nitrogens is 2. The number of imidazole rings is 1. The van der Waals surface area contributed by atoms with Crippen LogP contribution in [0.15, 0.2) is 34.9 Å². The first-order valence-electron chi connectivity index (χ1n) is 8.75. The molecular formula is C18H25BrClN5. The van der Waals surface area contributed by atoms with Gasteiger partial charge in [0.1, 0.15) is 5.82 Å².